The highest BCUT2D eigenvalue weighted by Crippen LogP contribution is 2.22. The number of nitrogens with zero attached hydrogens (tertiary/aromatic N) is 2. The van der Waals surface area contributed by atoms with Crippen molar-refractivity contribution in [1.29, 1.82) is 5.26 Å². The van der Waals surface area contributed by atoms with Crippen molar-refractivity contribution in [3.8, 4) is 6.07 Å². The maximum atomic E-state index is 12.4. The quantitative estimate of drug-likeness (QED) is 0.741. The third-order valence-electron chi connectivity index (χ3n) is 3.50. The third kappa shape index (κ3) is 2.03. The molecule has 1 amide bonds. The summed E-state index contributed by atoms with van der Waals surface area (Å²) in [4.78, 5) is 14.1. The predicted octanol–water partition coefficient (Wildman–Crippen LogP) is 2.43. The van der Waals surface area contributed by atoms with E-state index in [1.165, 1.54) is 0 Å². The first kappa shape index (κ1) is 11.7. The van der Waals surface area contributed by atoms with Crippen molar-refractivity contribution >= 4 is 5.91 Å². The molecule has 2 rings (SSSR count). The van der Waals surface area contributed by atoms with Crippen LogP contribution in [0.5, 0.6) is 0 Å². The SMILES string of the molecule is Cc1cccc(C(=O)N2CCCC2C#N)c1C. The zero-order valence-electron chi connectivity index (χ0n) is 10.2. The smallest absolute Gasteiger partial charge is 0.255 e. The lowest BCUT2D eigenvalue weighted by atomic mass is 10.0. The molecular formula is C14H16N2O. The summed E-state index contributed by atoms with van der Waals surface area (Å²) >= 11 is 0. The number of carbonyl (C=O) groups is 1. The van der Waals surface area contributed by atoms with Crippen LogP contribution in [-0.4, -0.2) is 23.4 Å². The minimum absolute atomic E-state index is 0.00440. The molecule has 1 aliphatic rings. The number of aryl methyl sites for hydroxylation is 1. The first-order valence-corrected chi connectivity index (χ1v) is 5.92. The van der Waals surface area contributed by atoms with E-state index in [0.717, 1.165) is 29.5 Å². The molecule has 3 nitrogen and oxygen atoms in total. The summed E-state index contributed by atoms with van der Waals surface area (Å²) in [6, 6.07) is 7.69. The lowest BCUT2D eigenvalue weighted by molar-refractivity contribution is 0.0764. The van der Waals surface area contributed by atoms with Crippen LogP contribution in [0.3, 0.4) is 0 Å². The second kappa shape index (κ2) is 4.58. The summed E-state index contributed by atoms with van der Waals surface area (Å²) in [5, 5.41) is 9.01. The Kier molecular flexibility index (Phi) is 3.14. The summed E-state index contributed by atoms with van der Waals surface area (Å²) in [6.45, 7) is 4.66. The van der Waals surface area contributed by atoms with Crippen molar-refractivity contribution in [2.24, 2.45) is 0 Å². The molecule has 0 N–H and O–H groups in total. The molecule has 1 aromatic rings. The Hall–Kier alpha value is -1.82. The molecule has 1 aliphatic heterocycles. The fourth-order valence-corrected chi connectivity index (χ4v) is 2.28. The molecule has 1 atom stereocenters. The number of hydrogen-bond donors (Lipinski definition) is 0. The molecular weight excluding hydrogens is 212 g/mol. The molecule has 1 aromatic carbocycles. The molecule has 1 unspecified atom stereocenters. The van der Waals surface area contributed by atoms with E-state index < -0.39 is 0 Å². The summed E-state index contributed by atoms with van der Waals surface area (Å²) in [5.41, 5.74) is 2.86. The molecule has 1 fully saturated rings. The van der Waals surface area contributed by atoms with Crippen LogP contribution in [0.15, 0.2) is 18.2 Å². The molecule has 3 heteroatoms. The van der Waals surface area contributed by atoms with Crippen molar-refractivity contribution in [1.82, 2.24) is 4.90 Å². The second-order valence-corrected chi connectivity index (χ2v) is 4.53. The van der Waals surface area contributed by atoms with Gasteiger partial charge in [0, 0.05) is 12.1 Å². The van der Waals surface area contributed by atoms with Gasteiger partial charge in [0.05, 0.1) is 6.07 Å². The van der Waals surface area contributed by atoms with Crippen LogP contribution in [0.1, 0.15) is 34.3 Å². The van der Waals surface area contributed by atoms with E-state index >= 15 is 0 Å². The Morgan fingerprint density at radius 2 is 2.24 bits per heavy atom. The molecule has 0 radical (unpaired) electrons. The van der Waals surface area contributed by atoms with Crippen molar-refractivity contribution in [3.63, 3.8) is 0 Å². The Labute approximate surface area is 102 Å². The predicted molar refractivity (Wildman–Crippen MR) is 65.6 cm³/mol. The van der Waals surface area contributed by atoms with Crippen LogP contribution in [0.4, 0.5) is 0 Å². The van der Waals surface area contributed by atoms with Crippen molar-refractivity contribution < 1.29 is 4.79 Å². The van der Waals surface area contributed by atoms with Gasteiger partial charge in [0.1, 0.15) is 6.04 Å². The van der Waals surface area contributed by atoms with E-state index in [9.17, 15) is 4.79 Å². The molecule has 1 saturated heterocycles. The van der Waals surface area contributed by atoms with Gasteiger partial charge < -0.3 is 4.90 Å². The number of nitriles is 1. The zero-order valence-corrected chi connectivity index (χ0v) is 10.2. The van der Waals surface area contributed by atoms with Crippen LogP contribution in [0.2, 0.25) is 0 Å². The Bertz CT molecular complexity index is 487. The second-order valence-electron chi connectivity index (χ2n) is 4.53. The normalized spacial score (nSPS) is 19.1. The van der Waals surface area contributed by atoms with Crippen molar-refractivity contribution in [3.05, 3.63) is 34.9 Å². The number of carbonyl (C=O) groups excluding carboxylic acids is 1. The minimum atomic E-state index is -0.248. The number of likely N-dealkylation sites (tertiary alicyclic amines) is 1. The first-order chi connectivity index (χ1) is 8.15. The lowest BCUT2D eigenvalue weighted by Crippen LogP contribution is -2.35. The van der Waals surface area contributed by atoms with Crippen LogP contribution in [0, 0.1) is 25.2 Å². The summed E-state index contributed by atoms with van der Waals surface area (Å²) < 4.78 is 0. The van der Waals surface area contributed by atoms with Gasteiger partial charge in [-0.15, -0.1) is 0 Å². The van der Waals surface area contributed by atoms with Gasteiger partial charge in [-0.05, 0) is 43.9 Å². The maximum Gasteiger partial charge on any atom is 0.255 e. The topological polar surface area (TPSA) is 44.1 Å². The molecule has 88 valence electrons. The first-order valence-electron chi connectivity index (χ1n) is 5.92. The van der Waals surface area contributed by atoms with E-state index in [-0.39, 0.29) is 11.9 Å². The standard InChI is InChI=1S/C14H16N2O/c1-10-5-3-7-13(11(10)2)14(17)16-8-4-6-12(16)9-15/h3,5,7,12H,4,6,8H2,1-2H3. The van der Waals surface area contributed by atoms with Crippen LogP contribution >= 0.6 is 0 Å². The molecule has 17 heavy (non-hydrogen) atoms. The van der Waals surface area contributed by atoms with Gasteiger partial charge in [0.25, 0.3) is 5.91 Å². The van der Waals surface area contributed by atoms with Gasteiger partial charge in [0.2, 0.25) is 0 Å². The summed E-state index contributed by atoms with van der Waals surface area (Å²) in [7, 11) is 0. The Morgan fingerprint density at radius 1 is 1.47 bits per heavy atom. The van der Waals surface area contributed by atoms with E-state index in [0.29, 0.717) is 6.54 Å². The van der Waals surface area contributed by atoms with E-state index in [1.54, 1.807) is 4.90 Å². The van der Waals surface area contributed by atoms with E-state index in [2.05, 4.69) is 6.07 Å². The average Bonchev–Trinajstić information content (AvgIpc) is 2.80. The van der Waals surface area contributed by atoms with E-state index in [4.69, 9.17) is 5.26 Å². The van der Waals surface area contributed by atoms with Crippen LogP contribution in [0.25, 0.3) is 0 Å². The zero-order chi connectivity index (χ0) is 12.4. The van der Waals surface area contributed by atoms with Crippen LogP contribution in [-0.2, 0) is 0 Å². The molecule has 0 saturated carbocycles. The van der Waals surface area contributed by atoms with E-state index in [1.807, 2.05) is 32.0 Å². The highest BCUT2D eigenvalue weighted by Gasteiger charge is 2.29. The van der Waals surface area contributed by atoms with Gasteiger partial charge >= 0.3 is 0 Å². The molecule has 0 aromatic heterocycles. The van der Waals surface area contributed by atoms with Crippen molar-refractivity contribution in [2.75, 3.05) is 6.54 Å². The summed E-state index contributed by atoms with van der Waals surface area (Å²) in [6.07, 6.45) is 1.72. The Morgan fingerprint density at radius 3 is 2.94 bits per heavy atom. The van der Waals surface area contributed by atoms with Gasteiger partial charge in [0.15, 0.2) is 0 Å². The number of benzene rings is 1. The van der Waals surface area contributed by atoms with Crippen molar-refractivity contribution in [2.45, 2.75) is 32.7 Å². The minimum Gasteiger partial charge on any atom is -0.323 e. The number of amides is 1. The van der Waals surface area contributed by atoms with Crippen LogP contribution < -0.4 is 0 Å². The Balaban J connectivity index is 2.32. The van der Waals surface area contributed by atoms with Gasteiger partial charge in [-0.1, -0.05) is 12.1 Å². The van der Waals surface area contributed by atoms with Gasteiger partial charge in [-0.3, -0.25) is 4.79 Å². The molecule has 1 heterocycles. The highest BCUT2D eigenvalue weighted by molar-refractivity contribution is 5.96. The highest BCUT2D eigenvalue weighted by atomic mass is 16.2. The van der Waals surface area contributed by atoms with Gasteiger partial charge in [-0.2, -0.15) is 5.26 Å². The monoisotopic (exact) mass is 228 g/mol. The fourth-order valence-electron chi connectivity index (χ4n) is 2.28. The molecule has 0 bridgehead atoms. The summed E-state index contributed by atoms with van der Waals surface area (Å²) in [5.74, 6) is -0.00440. The maximum absolute atomic E-state index is 12.4. The largest absolute Gasteiger partial charge is 0.323 e. The lowest BCUT2D eigenvalue weighted by Gasteiger charge is -2.21. The molecule has 0 aliphatic carbocycles. The number of hydrogen-bond acceptors (Lipinski definition) is 2. The third-order valence-corrected chi connectivity index (χ3v) is 3.50. The molecule has 0 spiro atoms. The fraction of sp³-hybridized carbons (Fsp3) is 0.429. The van der Waals surface area contributed by atoms with Gasteiger partial charge in [-0.25, -0.2) is 0 Å². The number of rotatable bonds is 1. The average molecular weight is 228 g/mol.